The van der Waals surface area contributed by atoms with Gasteiger partial charge < -0.3 is 4.57 Å². The van der Waals surface area contributed by atoms with E-state index in [0.717, 1.165) is 12.1 Å². The lowest BCUT2D eigenvalue weighted by Gasteiger charge is -2.09. The minimum absolute atomic E-state index is 0.0119. The average Bonchev–Trinajstić information content (AvgIpc) is 3.03. The van der Waals surface area contributed by atoms with Gasteiger partial charge in [-0.05, 0) is 30.2 Å². The number of halogens is 2. The Labute approximate surface area is 160 Å². The third-order valence-electron chi connectivity index (χ3n) is 4.17. The zero-order chi connectivity index (χ0) is 20.5. The van der Waals surface area contributed by atoms with Gasteiger partial charge in [0.25, 0.3) is 15.9 Å². The fourth-order valence-electron chi connectivity index (χ4n) is 2.81. The molecule has 0 saturated carbocycles. The van der Waals surface area contributed by atoms with E-state index < -0.39 is 33.1 Å². The molecule has 0 aliphatic carbocycles. The standard InChI is InChI=1S/C19H17F2N3O3S/c1-3-12-7-4-5-10-16(12)28(26,27)23-19(25)15-11-24(2)18(22-15)17-13(20)8-6-9-14(17)21/h4-11H,3H2,1-2H3,(H,23,25). The van der Waals surface area contributed by atoms with Gasteiger partial charge in [0, 0.05) is 13.2 Å². The van der Waals surface area contributed by atoms with Crippen LogP contribution >= 0.6 is 0 Å². The highest BCUT2D eigenvalue weighted by molar-refractivity contribution is 7.90. The Bertz CT molecular complexity index is 1140. The SMILES string of the molecule is CCc1ccccc1S(=O)(=O)NC(=O)c1cn(C)c(-c2c(F)cccc2F)n1. The van der Waals surface area contributed by atoms with E-state index in [0.29, 0.717) is 12.0 Å². The zero-order valence-electron chi connectivity index (χ0n) is 15.1. The van der Waals surface area contributed by atoms with Crippen LogP contribution in [0.3, 0.4) is 0 Å². The van der Waals surface area contributed by atoms with Gasteiger partial charge in [-0.15, -0.1) is 0 Å². The molecule has 0 aliphatic heterocycles. The maximum Gasteiger partial charge on any atom is 0.285 e. The Hall–Kier alpha value is -3.07. The van der Waals surface area contributed by atoms with Crippen LogP contribution in [0.1, 0.15) is 23.0 Å². The lowest BCUT2D eigenvalue weighted by molar-refractivity contribution is 0.0977. The molecule has 0 fully saturated rings. The van der Waals surface area contributed by atoms with Crippen LogP contribution in [0.15, 0.2) is 53.6 Å². The van der Waals surface area contributed by atoms with Gasteiger partial charge >= 0.3 is 0 Å². The van der Waals surface area contributed by atoms with Gasteiger partial charge in [-0.2, -0.15) is 0 Å². The van der Waals surface area contributed by atoms with Gasteiger partial charge in [-0.1, -0.05) is 31.2 Å². The number of nitrogens with zero attached hydrogens (tertiary/aromatic N) is 2. The number of carbonyl (C=O) groups excluding carboxylic acids is 1. The molecule has 1 heterocycles. The molecule has 0 bridgehead atoms. The summed E-state index contributed by atoms with van der Waals surface area (Å²) in [4.78, 5) is 16.4. The summed E-state index contributed by atoms with van der Waals surface area (Å²) in [7, 11) is -2.68. The van der Waals surface area contributed by atoms with Crippen LogP contribution in [0.4, 0.5) is 8.78 Å². The van der Waals surface area contributed by atoms with Crippen LogP contribution < -0.4 is 4.72 Å². The molecule has 28 heavy (non-hydrogen) atoms. The van der Waals surface area contributed by atoms with E-state index in [2.05, 4.69) is 4.98 Å². The first-order chi connectivity index (χ1) is 13.2. The molecule has 0 spiro atoms. The number of hydrogen-bond donors (Lipinski definition) is 1. The Morgan fingerprint density at radius 3 is 2.39 bits per heavy atom. The van der Waals surface area contributed by atoms with Gasteiger partial charge in [0.2, 0.25) is 0 Å². The monoisotopic (exact) mass is 405 g/mol. The lowest BCUT2D eigenvalue weighted by atomic mass is 10.2. The Morgan fingerprint density at radius 1 is 1.11 bits per heavy atom. The van der Waals surface area contributed by atoms with Crippen LogP contribution in [-0.4, -0.2) is 23.9 Å². The number of amides is 1. The van der Waals surface area contributed by atoms with E-state index in [9.17, 15) is 22.0 Å². The molecule has 146 valence electrons. The summed E-state index contributed by atoms with van der Waals surface area (Å²) in [6, 6.07) is 9.65. The number of aromatic nitrogens is 2. The second-order valence-corrected chi connectivity index (χ2v) is 7.70. The summed E-state index contributed by atoms with van der Waals surface area (Å²) in [6.45, 7) is 1.80. The van der Waals surface area contributed by atoms with Crippen LogP contribution in [0.2, 0.25) is 0 Å². The summed E-state index contributed by atoms with van der Waals surface area (Å²) in [5, 5.41) is 0. The predicted octanol–water partition coefficient (Wildman–Crippen LogP) is 3.05. The number of sulfonamides is 1. The summed E-state index contributed by atoms with van der Waals surface area (Å²) < 4.78 is 56.4. The molecule has 3 rings (SSSR count). The van der Waals surface area contributed by atoms with Gasteiger partial charge in [-0.3, -0.25) is 4.79 Å². The molecule has 0 atom stereocenters. The highest BCUT2D eigenvalue weighted by atomic mass is 32.2. The first-order valence-corrected chi connectivity index (χ1v) is 9.85. The number of rotatable bonds is 5. The van der Waals surface area contributed by atoms with Crippen molar-refractivity contribution in [1.29, 1.82) is 0 Å². The van der Waals surface area contributed by atoms with E-state index in [1.165, 1.54) is 29.9 Å². The molecule has 1 N–H and O–H groups in total. The van der Waals surface area contributed by atoms with Crippen molar-refractivity contribution in [3.8, 4) is 11.4 Å². The van der Waals surface area contributed by atoms with E-state index in [4.69, 9.17) is 0 Å². The van der Waals surface area contributed by atoms with Crippen molar-refractivity contribution < 1.29 is 22.0 Å². The van der Waals surface area contributed by atoms with Crippen molar-refractivity contribution in [3.63, 3.8) is 0 Å². The van der Waals surface area contributed by atoms with Crippen LogP contribution in [0.25, 0.3) is 11.4 Å². The normalized spacial score (nSPS) is 11.4. The van der Waals surface area contributed by atoms with Crippen molar-refractivity contribution in [1.82, 2.24) is 14.3 Å². The number of aryl methyl sites for hydroxylation is 2. The number of hydrogen-bond acceptors (Lipinski definition) is 4. The smallest absolute Gasteiger partial charge is 0.285 e. The minimum atomic E-state index is -4.13. The fraction of sp³-hybridized carbons (Fsp3) is 0.158. The van der Waals surface area contributed by atoms with Gasteiger partial charge in [-0.25, -0.2) is 26.9 Å². The Balaban J connectivity index is 1.94. The van der Waals surface area contributed by atoms with Crippen molar-refractivity contribution >= 4 is 15.9 Å². The summed E-state index contributed by atoms with van der Waals surface area (Å²) >= 11 is 0. The quantitative estimate of drug-likeness (QED) is 0.708. The van der Waals surface area contributed by atoms with Gasteiger partial charge in [0.05, 0.1) is 10.5 Å². The molecular formula is C19H17F2N3O3S. The molecule has 2 aromatic carbocycles. The van der Waals surface area contributed by atoms with E-state index in [1.54, 1.807) is 25.1 Å². The molecule has 0 unspecified atom stereocenters. The van der Waals surface area contributed by atoms with Gasteiger partial charge in [0.1, 0.15) is 23.2 Å². The van der Waals surface area contributed by atoms with Crippen molar-refractivity contribution in [2.75, 3.05) is 0 Å². The first kappa shape index (κ1) is 19.7. The minimum Gasteiger partial charge on any atom is -0.333 e. The number of nitrogens with one attached hydrogen (secondary N) is 1. The predicted molar refractivity (Wildman–Crippen MR) is 99.0 cm³/mol. The fourth-order valence-corrected chi connectivity index (χ4v) is 4.08. The molecule has 0 radical (unpaired) electrons. The molecule has 0 aliphatic rings. The summed E-state index contributed by atoms with van der Waals surface area (Å²) in [5.74, 6) is -2.81. The topological polar surface area (TPSA) is 81.1 Å². The number of imidazole rings is 1. The van der Waals surface area contributed by atoms with Crippen molar-refractivity contribution in [3.05, 3.63) is 71.6 Å². The first-order valence-electron chi connectivity index (χ1n) is 8.37. The van der Waals surface area contributed by atoms with Crippen molar-refractivity contribution in [2.24, 2.45) is 7.05 Å². The average molecular weight is 405 g/mol. The number of benzene rings is 2. The lowest BCUT2D eigenvalue weighted by Crippen LogP contribution is -2.31. The summed E-state index contributed by atoms with van der Waals surface area (Å²) in [5.41, 5.74) is -0.126. The molecular weight excluding hydrogens is 388 g/mol. The molecule has 0 saturated heterocycles. The van der Waals surface area contributed by atoms with Crippen LogP contribution in [0, 0.1) is 11.6 Å². The zero-order valence-corrected chi connectivity index (χ0v) is 15.9. The molecule has 3 aromatic rings. The van der Waals surface area contributed by atoms with E-state index in [1.807, 2.05) is 4.72 Å². The molecule has 1 aromatic heterocycles. The highest BCUT2D eigenvalue weighted by Gasteiger charge is 2.24. The Kier molecular flexibility index (Phi) is 5.28. The third kappa shape index (κ3) is 3.65. The molecule has 9 heteroatoms. The van der Waals surface area contributed by atoms with Crippen LogP contribution in [-0.2, 0) is 23.5 Å². The maximum atomic E-state index is 14.0. The largest absolute Gasteiger partial charge is 0.333 e. The Morgan fingerprint density at radius 2 is 1.75 bits per heavy atom. The van der Waals surface area contributed by atoms with Crippen LogP contribution in [0.5, 0.6) is 0 Å². The maximum absolute atomic E-state index is 14.0. The third-order valence-corrected chi connectivity index (χ3v) is 5.60. The summed E-state index contributed by atoms with van der Waals surface area (Å²) in [6.07, 6.45) is 1.67. The van der Waals surface area contributed by atoms with E-state index in [-0.39, 0.29) is 16.4 Å². The van der Waals surface area contributed by atoms with E-state index >= 15 is 0 Å². The second kappa shape index (κ2) is 7.51. The van der Waals surface area contributed by atoms with Gasteiger partial charge in [0.15, 0.2) is 0 Å². The molecule has 1 amide bonds. The highest BCUT2D eigenvalue weighted by Crippen LogP contribution is 2.25. The second-order valence-electron chi connectivity index (χ2n) is 6.05. The number of carbonyl (C=O) groups is 1. The van der Waals surface area contributed by atoms with Crippen molar-refractivity contribution in [2.45, 2.75) is 18.2 Å². The molecule has 6 nitrogen and oxygen atoms in total.